The van der Waals surface area contributed by atoms with E-state index in [1.54, 1.807) is 0 Å². The molecule has 0 aromatic heterocycles. The minimum Gasteiger partial charge on any atom is -0.511 e. The summed E-state index contributed by atoms with van der Waals surface area (Å²) in [5.74, 6) is 1.16. The second-order valence-corrected chi connectivity index (χ2v) is 5.84. The quantitative estimate of drug-likeness (QED) is 0.747. The Kier molecular flexibility index (Phi) is 2.88. The molecule has 3 unspecified atom stereocenters. The van der Waals surface area contributed by atoms with Crippen LogP contribution in [0.15, 0.2) is 16.3 Å². The van der Waals surface area contributed by atoms with Gasteiger partial charge in [0.25, 0.3) is 0 Å². The van der Waals surface area contributed by atoms with Crippen molar-refractivity contribution < 1.29 is 9.90 Å². The Labute approximate surface area is 107 Å². The lowest BCUT2D eigenvalue weighted by Crippen LogP contribution is -2.39. The van der Waals surface area contributed by atoms with Gasteiger partial charge in [0.05, 0.1) is 11.6 Å². The summed E-state index contributed by atoms with van der Waals surface area (Å²) < 4.78 is 0. The number of hydrogen-bond acceptors (Lipinski definition) is 4. The van der Waals surface area contributed by atoms with Crippen LogP contribution >= 0.6 is 0 Å². The summed E-state index contributed by atoms with van der Waals surface area (Å²) in [6, 6.07) is 0.683. The second-order valence-electron chi connectivity index (χ2n) is 5.84. The SMILES string of the molecule is CC1CC(=O)C(C2=NC3CCCCC3N2)=C(O)C1. The highest BCUT2D eigenvalue weighted by Gasteiger charge is 2.36. The summed E-state index contributed by atoms with van der Waals surface area (Å²) in [4.78, 5) is 16.7. The van der Waals surface area contributed by atoms with Gasteiger partial charge in [-0.25, -0.2) is 0 Å². The lowest BCUT2D eigenvalue weighted by atomic mass is 9.88. The second kappa shape index (κ2) is 4.41. The molecular formula is C14H20N2O2. The maximum absolute atomic E-state index is 12.1. The molecule has 0 aromatic rings. The van der Waals surface area contributed by atoms with E-state index in [1.165, 1.54) is 12.8 Å². The third-order valence-corrected chi connectivity index (χ3v) is 4.23. The van der Waals surface area contributed by atoms with Crippen molar-refractivity contribution in [3.05, 3.63) is 11.3 Å². The molecule has 98 valence electrons. The van der Waals surface area contributed by atoms with E-state index >= 15 is 0 Å². The molecule has 1 fully saturated rings. The van der Waals surface area contributed by atoms with Crippen molar-refractivity contribution >= 4 is 11.6 Å². The molecule has 3 rings (SSSR count). The van der Waals surface area contributed by atoms with Crippen LogP contribution in [0.4, 0.5) is 0 Å². The van der Waals surface area contributed by atoms with Gasteiger partial charge in [-0.2, -0.15) is 0 Å². The molecule has 0 bridgehead atoms. The van der Waals surface area contributed by atoms with Crippen LogP contribution < -0.4 is 5.32 Å². The van der Waals surface area contributed by atoms with Crippen LogP contribution in [0.1, 0.15) is 45.4 Å². The minimum absolute atomic E-state index is 0.0381. The number of rotatable bonds is 1. The van der Waals surface area contributed by atoms with Crippen LogP contribution in [0.25, 0.3) is 0 Å². The van der Waals surface area contributed by atoms with Gasteiger partial charge >= 0.3 is 0 Å². The molecule has 0 radical (unpaired) electrons. The molecule has 4 heteroatoms. The normalized spacial score (nSPS) is 36.2. The molecule has 0 amide bonds. The highest BCUT2D eigenvalue weighted by atomic mass is 16.3. The van der Waals surface area contributed by atoms with E-state index in [2.05, 4.69) is 10.3 Å². The van der Waals surface area contributed by atoms with E-state index < -0.39 is 0 Å². The number of nitrogens with zero attached hydrogens (tertiary/aromatic N) is 1. The van der Waals surface area contributed by atoms with Crippen molar-refractivity contribution in [2.45, 2.75) is 57.5 Å². The average Bonchev–Trinajstić information content (AvgIpc) is 2.70. The predicted molar refractivity (Wildman–Crippen MR) is 69.7 cm³/mol. The van der Waals surface area contributed by atoms with Gasteiger partial charge in [0.2, 0.25) is 0 Å². The van der Waals surface area contributed by atoms with Crippen molar-refractivity contribution in [3.63, 3.8) is 0 Å². The number of aliphatic hydroxyl groups excluding tert-OH is 1. The van der Waals surface area contributed by atoms with Gasteiger partial charge < -0.3 is 10.4 Å². The number of aliphatic imine (C=N–C) groups is 1. The van der Waals surface area contributed by atoms with E-state index in [0.717, 1.165) is 12.8 Å². The number of aliphatic hydroxyl groups is 1. The molecule has 3 aliphatic rings. The third kappa shape index (κ3) is 1.93. The van der Waals surface area contributed by atoms with Crippen molar-refractivity contribution in [2.75, 3.05) is 0 Å². The van der Waals surface area contributed by atoms with E-state index in [9.17, 15) is 9.90 Å². The Hall–Kier alpha value is -1.32. The number of allylic oxidation sites excluding steroid dienone is 1. The number of hydrogen-bond donors (Lipinski definition) is 2. The van der Waals surface area contributed by atoms with E-state index in [-0.39, 0.29) is 17.5 Å². The van der Waals surface area contributed by atoms with Gasteiger partial charge in [-0.1, -0.05) is 19.8 Å². The molecule has 1 heterocycles. The number of carbonyl (C=O) groups is 1. The minimum atomic E-state index is 0.0381. The smallest absolute Gasteiger partial charge is 0.170 e. The lowest BCUT2D eigenvalue weighted by molar-refractivity contribution is -0.116. The van der Waals surface area contributed by atoms with Crippen LogP contribution in [0.5, 0.6) is 0 Å². The van der Waals surface area contributed by atoms with Crippen LogP contribution in [-0.4, -0.2) is 28.8 Å². The summed E-state index contributed by atoms with van der Waals surface area (Å²) in [5, 5.41) is 13.4. The summed E-state index contributed by atoms with van der Waals surface area (Å²) in [6.45, 7) is 1.99. The Morgan fingerprint density at radius 2 is 2.06 bits per heavy atom. The molecule has 1 saturated carbocycles. The standard InChI is InChI=1S/C14H20N2O2/c1-8-6-11(17)13(12(18)7-8)14-15-9-4-2-3-5-10(9)16-14/h8-10,17H,2-7H2,1H3,(H,15,16). The first-order valence-corrected chi connectivity index (χ1v) is 6.95. The van der Waals surface area contributed by atoms with Crippen LogP contribution in [-0.2, 0) is 4.79 Å². The fraction of sp³-hybridized carbons (Fsp3) is 0.714. The van der Waals surface area contributed by atoms with E-state index in [1.807, 2.05) is 6.92 Å². The van der Waals surface area contributed by atoms with Gasteiger partial charge in [-0.15, -0.1) is 0 Å². The third-order valence-electron chi connectivity index (χ3n) is 4.23. The fourth-order valence-corrected chi connectivity index (χ4v) is 3.30. The first-order chi connectivity index (χ1) is 8.65. The molecule has 0 spiro atoms. The largest absolute Gasteiger partial charge is 0.511 e. The molecule has 18 heavy (non-hydrogen) atoms. The summed E-state index contributed by atoms with van der Waals surface area (Å²) in [7, 11) is 0. The van der Waals surface area contributed by atoms with Gasteiger partial charge in [0.15, 0.2) is 5.78 Å². The highest BCUT2D eigenvalue weighted by Crippen LogP contribution is 2.30. The van der Waals surface area contributed by atoms with Crippen molar-refractivity contribution in [1.29, 1.82) is 0 Å². The number of carbonyl (C=O) groups excluding carboxylic acids is 1. The van der Waals surface area contributed by atoms with Crippen LogP contribution in [0.2, 0.25) is 0 Å². The molecule has 2 N–H and O–H groups in total. The van der Waals surface area contributed by atoms with Gasteiger partial charge in [-0.05, 0) is 18.8 Å². The zero-order valence-electron chi connectivity index (χ0n) is 10.8. The molecule has 3 atom stereocenters. The number of fused-ring (bicyclic) bond motifs is 1. The first kappa shape index (κ1) is 11.8. The summed E-state index contributed by atoms with van der Waals surface area (Å²) >= 11 is 0. The van der Waals surface area contributed by atoms with Crippen LogP contribution in [0.3, 0.4) is 0 Å². The number of Topliss-reactive ketones (excluding diaryl/α,β-unsaturated/α-hetero) is 1. The van der Waals surface area contributed by atoms with E-state index in [4.69, 9.17) is 0 Å². The predicted octanol–water partition coefficient (Wildman–Crippen LogP) is 2.11. The van der Waals surface area contributed by atoms with Gasteiger partial charge in [0.1, 0.15) is 11.6 Å². The Balaban J connectivity index is 1.87. The molecule has 2 aliphatic carbocycles. The molecule has 1 aliphatic heterocycles. The zero-order valence-corrected chi connectivity index (χ0v) is 10.8. The lowest BCUT2D eigenvalue weighted by Gasteiger charge is -2.24. The Morgan fingerprint density at radius 1 is 1.28 bits per heavy atom. The molecule has 0 saturated heterocycles. The topological polar surface area (TPSA) is 61.7 Å². The van der Waals surface area contributed by atoms with E-state index in [0.29, 0.717) is 36.3 Å². The number of nitrogens with one attached hydrogen (secondary N) is 1. The van der Waals surface area contributed by atoms with Crippen LogP contribution in [0, 0.1) is 5.92 Å². The maximum atomic E-state index is 12.1. The van der Waals surface area contributed by atoms with Crippen molar-refractivity contribution in [3.8, 4) is 0 Å². The van der Waals surface area contributed by atoms with Crippen molar-refractivity contribution in [2.24, 2.45) is 10.9 Å². The van der Waals surface area contributed by atoms with Crippen molar-refractivity contribution in [1.82, 2.24) is 5.32 Å². The number of amidine groups is 1. The van der Waals surface area contributed by atoms with Gasteiger partial charge in [0, 0.05) is 18.9 Å². The summed E-state index contributed by atoms with van der Waals surface area (Å²) in [6.07, 6.45) is 5.78. The number of ketones is 1. The molecule has 0 aromatic carbocycles. The molecular weight excluding hydrogens is 228 g/mol. The fourth-order valence-electron chi connectivity index (χ4n) is 3.30. The average molecular weight is 248 g/mol. The first-order valence-electron chi connectivity index (χ1n) is 6.95. The summed E-state index contributed by atoms with van der Waals surface area (Å²) in [5.41, 5.74) is 0.461. The molecule has 4 nitrogen and oxygen atoms in total. The Bertz CT molecular complexity index is 439. The maximum Gasteiger partial charge on any atom is 0.170 e. The zero-order chi connectivity index (χ0) is 12.7. The Morgan fingerprint density at radius 3 is 2.78 bits per heavy atom. The van der Waals surface area contributed by atoms with Gasteiger partial charge in [-0.3, -0.25) is 9.79 Å². The monoisotopic (exact) mass is 248 g/mol. The highest BCUT2D eigenvalue weighted by molar-refractivity contribution is 6.22.